The van der Waals surface area contributed by atoms with E-state index in [-0.39, 0.29) is 23.9 Å². The van der Waals surface area contributed by atoms with Crippen LogP contribution in [0.1, 0.15) is 30.9 Å². The summed E-state index contributed by atoms with van der Waals surface area (Å²) in [7, 11) is 1.43. The van der Waals surface area contributed by atoms with Gasteiger partial charge in [0.1, 0.15) is 0 Å². The number of halogens is 3. The van der Waals surface area contributed by atoms with Crippen LogP contribution in [0.2, 0.25) is 0 Å². The number of imidazole rings is 1. The molecule has 10 heteroatoms. The molecule has 3 aromatic rings. The summed E-state index contributed by atoms with van der Waals surface area (Å²) in [6, 6.07) is 12.6. The molecule has 180 valence electrons. The van der Waals surface area contributed by atoms with Gasteiger partial charge in [0.25, 0.3) is 0 Å². The van der Waals surface area contributed by atoms with Crippen LogP contribution in [0.25, 0.3) is 5.69 Å². The third-order valence-electron chi connectivity index (χ3n) is 5.06. The van der Waals surface area contributed by atoms with Crippen molar-refractivity contribution >= 4 is 29.3 Å². The molecule has 0 spiro atoms. The normalized spacial score (nSPS) is 11.5. The zero-order valence-electron chi connectivity index (χ0n) is 19.0. The third-order valence-corrected chi connectivity index (χ3v) is 6.01. The largest absolute Gasteiger partial charge is 0.418 e. The highest BCUT2D eigenvalue weighted by Crippen LogP contribution is 2.34. The van der Waals surface area contributed by atoms with Gasteiger partial charge in [0, 0.05) is 19.4 Å². The second kappa shape index (κ2) is 10.8. The summed E-state index contributed by atoms with van der Waals surface area (Å²) in [4.78, 5) is 30.4. The van der Waals surface area contributed by atoms with E-state index >= 15 is 0 Å². The molecule has 3 rings (SSSR count). The third kappa shape index (κ3) is 6.19. The second-order valence-electron chi connectivity index (χ2n) is 7.92. The molecule has 6 nitrogen and oxygen atoms in total. The number of carbonyl (C=O) groups is 2. The van der Waals surface area contributed by atoms with E-state index in [1.165, 1.54) is 41.9 Å². The first-order valence-electron chi connectivity index (χ1n) is 10.5. The topological polar surface area (TPSA) is 67.2 Å². The molecule has 1 N–H and O–H groups in total. The van der Waals surface area contributed by atoms with Crippen molar-refractivity contribution in [3.8, 4) is 5.69 Å². The first-order chi connectivity index (χ1) is 16.1. The van der Waals surface area contributed by atoms with E-state index in [2.05, 4.69) is 24.1 Å². The maximum Gasteiger partial charge on any atom is 0.418 e. The second-order valence-corrected chi connectivity index (χ2v) is 8.87. The minimum atomic E-state index is -4.60. The van der Waals surface area contributed by atoms with Gasteiger partial charge in [0.05, 0.1) is 29.2 Å². The first-order valence-corrected chi connectivity index (χ1v) is 11.5. The number of nitrogens with zero attached hydrogens (tertiary/aromatic N) is 3. The van der Waals surface area contributed by atoms with Crippen molar-refractivity contribution in [2.24, 2.45) is 0 Å². The van der Waals surface area contributed by atoms with Gasteiger partial charge in [-0.05, 0) is 29.7 Å². The van der Waals surface area contributed by atoms with Crippen LogP contribution in [0.3, 0.4) is 0 Å². The highest BCUT2D eigenvalue weighted by Gasteiger charge is 2.33. The van der Waals surface area contributed by atoms with Crippen LogP contribution in [0.5, 0.6) is 0 Å². The predicted octanol–water partition coefficient (Wildman–Crippen LogP) is 5.20. The van der Waals surface area contributed by atoms with E-state index in [0.717, 1.165) is 17.3 Å². The van der Waals surface area contributed by atoms with E-state index in [0.29, 0.717) is 11.1 Å². The minimum absolute atomic E-state index is 0.0176. The fraction of sp³-hybridized carbons (Fsp3) is 0.292. The van der Waals surface area contributed by atoms with Crippen molar-refractivity contribution in [3.05, 3.63) is 72.1 Å². The average molecular weight is 491 g/mol. The Labute approximate surface area is 200 Å². The number of para-hydroxylation sites is 2. The minimum Gasteiger partial charge on any atom is -0.336 e. The maximum atomic E-state index is 13.1. The smallest absolute Gasteiger partial charge is 0.336 e. The quantitative estimate of drug-likeness (QED) is 0.441. The summed E-state index contributed by atoms with van der Waals surface area (Å²) in [6.45, 7) is 3.81. The number of anilines is 1. The molecular formula is C24H25F3N4O2S. The van der Waals surface area contributed by atoms with Crippen molar-refractivity contribution in [1.82, 2.24) is 14.5 Å². The van der Waals surface area contributed by atoms with Gasteiger partial charge < -0.3 is 10.2 Å². The van der Waals surface area contributed by atoms with Gasteiger partial charge >= 0.3 is 6.18 Å². The molecule has 0 saturated carbocycles. The van der Waals surface area contributed by atoms with Crippen molar-refractivity contribution in [2.75, 3.05) is 24.7 Å². The van der Waals surface area contributed by atoms with Crippen LogP contribution >= 0.6 is 11.8 Å². The van der Waals surface area contributed by atoms with Crippen LogP contribution < -0.4 is 5.32 Å². The molecule has 0 saturated heterocycles. The Kier molecular flexibility index (Phi) is 8.03. The molecule has 1 aromatic heterocycles. The zero-order valence-corrected chi connectivity index (χ0v) is 19.8. The molecule has 0 unspecified atom stereocenters. The molecular weight excluding hydrogens is 465 g/mol. The number of nitrogens with one attached hydrogen (secondary N) is 1. The van der Waals surface area contributed by atoms with Gasteiger partial charge in [0.2, 0.25) is 11.8 Å². The van der Waals surface area contributed by atoms with Gasteiger partial charge in [-0.1, -0.05) is 55.9 Å². The number of carbonyl (C=O) groups excluding carboxylic acids is 2. The van der Waals surface area contributed by atoms with Crippen molar-refractivity contribution < 1.29 is 22.8 Å². The number of amides is 2. The number of likely N-dealkylation sites (N-methyl/N-ethyl adjacent to an activating group) is 1. The molecule has 34 heavy (non-hydrogen) atoms. The van der Waals surface area contributed by atoms with Crippen LogP contribution in [-0.4, -0.2) is 45.6 Å². The number of alkyl halides is 3. The summed E-state index contributed by atoms with van der Waals surface area (Å²) in [6.07, 6.45) is -1.12. The summed E-state index contributed by atoms with van der Waals surface area (Å²) >= 11 is 1.22. The van der Waals surface area contributed by atoms with Gasteiger partial charge in [0.15, 0.2) is 5.16 Å². The molecule has 0 aliphatic rings. The predicted molar refractivity (Wildman–Crippen MR) is 126 cm³/mol. The molecule has 0 aliphatic heterocycles. The fourth-order valence-corrected chi connectivity index (χ4v) is 4.25. The maximum absolute atomic E-state index is 13.1. The van der Waals surface area contributed by atoms with Gasteiger partial charge in [-0.2, -0.15) is 13.2 Å². The number of rotatable bonds is 8. The lowest BCUT2D eigenvalue weighted by molar-refractivity contribution is -0.137. The lowest BCUT2D eigenvalue weighted by Crippen LogP contribution is -2.36. The van der Waals surface area contributed by atoms with E-state index in [1.54, 1.807) is 6.20 Å². The number of hydrogen-bond donors (Lipinski definition) is 1. The zero-order chi connectivity index (χ0) is 24.9. The van der Waals surface area contributed by atoms with E-state index in [4.69, 9.17) is 0 Å². The fourth-order valence-electron chi connectivity index (χ4n) is 3.34. The first kappa shape index (κ1) is 25.4. The van der Waals surface area contributed by atoms with E-state index in [9.17, 15) is 22.8 Å². The average Bonchev–Trinajstić information content (AvgIpc) is 3.25. The number of benzene rings is 2. The Bertz CT molecular complexity index is 1160. The standard InChI is InChI=1S/C24H25F3N4O2S/c1-16(2)17-8-4-7-11-20(17)31-13-12-28-23(31)34-15-22(33)30(3)14-21(32)29-19-10-6-5-9-18(19)24(25,26)27/h4-13,16H,14-15H2,1-3H3,(H,29,32). The summed E-state index contributed by atoms with van der Waals surface area (Å²) in [5, 5.41) is 2.87. The number of aromatic nitrogens is 2. The number of thioether (sulfide) groups is 1. The monoisotopic (exact) mass is 490 g/mol. The lowest BCUT2D eigenvalue weighted by atomic mass is 10.0. The molecule has 0 radical (unpaired) electrons. The van der Waals surface area contributed by atoms with Crippen molar-refractivity contribution in [1.29, 1.82) is 0 Å². The Balaban J connectivity index is 1.61. The summed E-state index contributed by atoms with van der Waals surface area (Å²) in [5.41, 5.74) is 0.824. The van der Waals surface area contributed by atoms with E-state index in [1.807, 2.05) is 35.0 Å². The Morgan fingerprint density at radius 3 is 2.50 bits per heavy atom. The molecule has 0 bridgehead atoms. The van der Waals surface area contributed by atoms with Gasteiger partial charge in [-0.15, -0.1) is 0 Å². The van der Waals surface area contributed by atoms with Crippen LogP contribution in [-0.2, 0) is 15.8 Å². The SMILES string of the molecule is CC(C)c1ccccc1-n1ccnc1SCC(=O)N(C)CC(=O)Nc1ccccc1C(F)(F)F. The van der Waals surface area contributed by atoms with Gasteiger partial charge in [-0.25, -0.2) is 4.98 Å². The van der Waals surface area contributed by atoms with Crippen molar-refractivity contribution in [2.45, 2.75) is 31.1 Å². The van der Waals surface area contributed by atoms with Crippen molar-refractivity contribution in [3.63, 3.8) is 0 Å². The van der Waals surface area contributed by atoms with Crippen LogP contribution in [0.4, 0.5) is 18.9 Å². The molecule has 0 fully saturated rings. The molecule has 1 heterocycles. The Hall–Kier alpha value is -3.27. The van der Waals surface area contributed by atoms with E-state index < -0.39 is 17.6 Å². The Morgan fingerprint density at radius 1 is 1.12 bits per heavy atom. The van der Waals surface area contributed by atoms with Crippen LogP contribution in [0, 0.1) is 0 Å². The molecule has 0 atom stereocenters. The highest BCUT2D eigenvalue weighted by atomic mass is 32.2. The summed E-state index contributed by atoms with van der Waals surface area (Å²) < 4.78 is 41.3. The molecule has 0 aliphatic carbocycles. The highest BCUT2D eigenvalue weighted by molar-refractivity contribution is 7.99. The van der Waals surface area contributed by atoms with Crippen LogP contribution in [0.15, 0.2) is 66.1 Å². The summed E-state index contributed by atoms with van der Waals surface area (Å²) in [5.74, 6) is -0.755. The Morgan fingerprint density at radius 2 is 1.79 bits per heavy atom. The number of hydrogen-bond acceptors (Lipinski definition) is 4. The molecule has 2 amide bonds. The van der Waals surface area contributed by atoms with Gasteiger partial charge in [-0.3, -0.25) is 14.2 Å². The lowest BCUT2D eigenvalue weighted by Gasteiger charge is -2.18. The molecule has 2 aromatic carbocycles.